The summed E-state index contributed by atoms with van der Waals surface area (Å²) in [5.74, 6) is 0.886. The lowest BCUT2D eigenvalue weighted by Gasteiger charge is -2.52. The number of hydrogen-bond acceptors (Lipinski definition) is 7. The van der Waals surface area contributed by atoms with Gasteiger partial charge in [-0.25, -0.2) is 14.6 Å². The number of esters is 1. The molecule has 1 aliphatic carbocycles. The lowest BCUT2D eigenvalue weighted by atomic mass is 9.62. The molecule has 1 aromatic heterocycles. The average molecular weight is 582 g/mol. The van der Waals surface area contributed by atoms with E-state index in [4.69, 9.17) is 19.2 Å². The van der Waals surface area contributed by atoms with Crippen LogP contribution in [0.15, 0.2) is 72.8 Å². The molecule has 2 heterocycles. The lowest BCUT2D eigenvalue weighted by molar-refractivity contribution is -0.0892. The highest BCUT2D eigenvalue weighted by Crippen LogP contribution is 2.49. The van der Waals surface area contributed by atoms with E-state index < -0.39 is 28.8 Å². The molecular weight excluding hydrogens is 546 g/mol. The number of amides is 1. The summed E-state index contributed by atoms with van der Waals surface area (Å²) in [6, 6.07) is 23.1. The Bertz CT molecular complexity index is 1690. The third-order valence-corrected chi connectivity index (χ3v) is 7.82. The third-order valence-electron chi connectivity index (χ3n) is 7.82. The Balaban J connectivity index is 1.42. The number of hydrogen-bond donors (Lipinski definition) is 2. The van der Waals surface area contributed by atoms with Crippen LogP contribution in [0, 0.1) is 0 Å². The highest BCUT2D eigenvalue weighted by Gasteiger charge is 2.53. The van der Waals surface area contributed by atoms with E-state index in [0.717, 1.165) is 28.1 Å². The molecule has 9 heteroatoms. The zero-order valence-electron chi connectivity index (χ0n) is 24.9. The molecular formula is C34H35N3O6. The summed E-state index contributed by atoms with van der Waals surface area (Å²) in [4.78, 5) is 30.2. The second-order valence-electron chi connectivity index (χ2n) is 12.5. The van der Waals surface area contributed by atoms with Crippen LogP contribution >= 0.6 is 0 Å². The van der Waals surface area contributed by atoms with E-state index in [1.807, 2.05) is 79.9 Å². The first-order valence-electron chi connectivity index (χ1n) is 14.2. The molecule has 0 unspecified atom stereocenters. The summed E-state index contributed by atoms with van der Waals surface area (Å²) in [7, 11) is 1.35. The predicted octanol–water partition coefficient (Wildman–Crippen LogP) is 6.29. The van der Waals surface area contributed by atoms with Gasteiger partial charge >= 0.3 is 12.1 Å². The van der Waals surface area contributed by atoms with Crippen molar-refractivity contribution < 1.29 is 28.9 Å². The van der Waals surface area contributed by atoms with E-state index in [1.54, 1.807) is 25.1 Å². The van der Waals surface area contributed by atoms with Gasteiger partial charge in [0.05, 0.1) is 40.8 Å². The number of ether oxygens (including phenoxy) is 3. The standard InChI is InChI=1S/C34H35N3O6/c1-32(2,3)43-31(39)36-34(18-33(4,40)19-34)24-14-11-21(12-15-24)27-28(22-9-7-6-8-10-22)37-20-42-26-16-13-23(30(38)41-5)17-25(26)29(37)35-27/h6-17,40H,18-20H2,1-5H3,(H,36,39)/t33-,34-. The molecule has 0 atom stereocenters. The molecule has 9 nitrogen and oxygen atoms in total. The Labute approximate surface area is 250 Å². The average Bonchev–Trinajstić information content (AvgIpc) is 3.35. The van der Waals surface area contributed by atoms with E-state index in [2.05, 4.69) is 5.32 Å². The van der Waals surface area contributed by atoms with Gasteiger partial charge in [0.25, 0.3) is 0 Å². The molecule has 0 spiro atoms. The number of carbonyl (C=O) groups is 2. The number of benzene rings is 3. The van der Waals surface area contributed by atoms with Crippen LogP contribution in [0.3, 0.4) is 0 Å². The number of aromatic nitrogens is 2. The second kappa shape index (κ2) is 10.3. The Morgan fingerprint density at radius 1 is 1.00 bits per heavy atom. The van der Waals surface area contributed by atoms with Crippen LogP contribution in [0.1, 0.15) is 56.5 Å². The maximum absolute atomic E-state index is 12.8. The number of alkyl carbamates (subject to hydrolysis) is 1. The highest BCUT2D eigenvalue weighted by molar-refractivity contribution is 5.92. The van der Waals surface area contributed by atoms with Crippen LogP contribution in [0.2, 0.25) is 0 Å². The van der Waals surface area contributed by atoms with Crippen LogP contribution in [-0.4, -0.2) is 45.0 Å². The summed E-state index contributed by atoms with van der Waals surface area (Å²) in [5, 5.41) is 13.7. The van der Waals surface area contributed by atoms with E-state index in [-0.39, 0.29) is 6.73 Å². The topological polar surface area (TPSA) is 112 Å². The second-order valence-corrected chi connectivity index (χ2v) is 12.5. The Morgan fingerprint density at radius 2 is 1.70 bits per heavy atom. The number of fused-ring (bicyclic) bond motifs is 3. The largest absolute Gasteiger partial charge is 0.472 e. The van der Waals surface area contributed by atoms with Crippen molar-refractivity contribution in [3.05, 3.63) is 83.9 Å². The van der Waals surface area contributed by atoms with Gasteiger partial charge in [0.2, 0.25) is 0 Å². The maximum Gasteiger partial charge on any atom is 0.408 e. The maximum atomic E-state index is 12.8. The van der Waals surface area contributed by atoms with Crippen LogP contribution < -0.4 is 10.1 Å². The minimum Gasteiger partial charge on any atom is -0.472 e. The molecule has 1 amide bonds. The summed E-state index contributed by atoms with van der Waals surface area (Å²) in [5.41, 5.74) is 3.16. The van der Waals surface area contributed by atoms with Gasteiger partial charge < -0.3 is 24.6 Å². The Hall–Kier alpha value is -4.63. The smallest absolute Gasteiger partial charge is 0.408 e. The van der Waals surface area contributed by atoms with Crippen molar-refractivity contribution >= 4 is 12.1 Å². The fourth-order valence-electron chi connectivity index (χ4n) is 6.14. The molecule has 6 rings (SSSR count). The molecule has 3 aromatic carbocycles. The first kappa shape index (κ1) is 28.5. The minimum absolute atomic E-state index is 0.257. The van der Waals surface area contributed by atoms with E-state index in [1.165, 1.54) is 7.11 Å². The number of nitrogens with zero attached hydrogens (tertiary/aromatic N) is 2. The quantitative estimate of drug-likeness (QED) is 0.267. The normalized spacial score (nSPS) is 20.6. The SMILES string of the molecule is COC(=O)c1ccc2c(c1)-c1nc(-c3ccc([C@]4(NC(=O)OC(C)(C)C)C[C@](C)(O)C4)cc3)c(-c3ccccc3)n1CO2. The van der Waals surface area contributed by atoms with Crippen LogP contribution in [0.4, 0.5) is 4.79 Å². The molecule has 1 fully saturated rings. The molecule has 0 radical (unpaired) electrons. The zero-order chi connectivity index (χ0) is 30.6. The molecule has 0 bridgehead atoms. The van der Waals surface area contributed by atoms with Gasteiger partial charge in [0.15, 0.2) is 6.73 Å². The lowest BCUT2D eigenvalue weighted by Crippen LogP contribution is -2.62. The summed E-state index contributed by atoms with van der Waals surface area (Å²) >= 11 is 0. The van der Waals surface area contributed by atoms with Gasteiger partial charge in [-0.1, -0.05) is 54.6 Å². The molecule has 4 aromatic rings. The first-order chi connectivity index (χ1) is 20.4. The summed E-state index contributed by atoms with van der Waals surface area (Å²) in [6.45, 7) is 7.48. The van der Waals surface area contributed by atoms with E-state index in [9.17, 15) is 14.7 Å². The summed E-state index contributed by atoms with van der Waals surface area (Å²) in [6.07, 6.45) is 0.206. The van der Waals surface area contributed by atoms with Gasteiger partial charge in [-0.2, -0.15) is 0 Å². The Morgan fingerprint density at radius 3 is 2.33 bits per heavy atom. The molecule has 1 aliphatic heterocycles. The van der Waals surface area contributed by atoms with Crippen molar-refractivity contribution in [3.8, 4) is 39.7 Å². The molecule has 2 N–H and O–H groups in total. The van der Waals surface area contributed by atoms with Crippen molar-refractivity contribution in [3.63, 3.8) is 0 Å². The first-order valence-corrected chi connectivity index (χ1v) is 14.2. The summed E-state index contributed by atoms with van der Waals surface area (Å²) < 4.78 is 18.6. The van der Waals surface area contributed by atoms with Crippen LogP contribution in [0.5, 0.6) is 5.75 Å². The number of methoxy groups -OCH3 is 1. The Kier molecular flexibility index (Phi) is 6.81. The van der Waals surface area contributed by atoms with E-state index in [0.29, 0.717) is 35.5 Å². The third kappa shape index (κ3) is 5.36. The molecule has 1 saturated carbocycles. The van der Waals surface area contributed by atoms with Gasteiger partial charge in [-0.05, 0) is 51.5 Å². The van der Waals surface area contributed by atoms with Crippen molar-refractivity contribution in [2.45, 2.75) is 64.0 Å². The number of aliphatic hydroxyl groups is 1. The number of carbonyl (C=O) groups excluding carboxylic acids is 2. The van der Waals surface area contributed by atoms with Crippen LogP contribution in [0.25, 0.3) is 33.9 Å². The number of imidazole rings is 1. The van der Waals surface area contributed by atoms with Crippen molar-refractivity contribution in [2.24, 2.45) is 0 Å². The molecule has 222 valence electrons. The zero-order valence-corrected chi connectivity index (χ0v) is 24.9. The van der Waals surface area contributed by atoms with Crippen molar-refractivity contribution in [2.75, 3.05) is 7.11 Å². The van der Waals surface area contributed by atoms with Crippen molar-refractivity contribution in [1.29, 1.82) is 0 Å². The van der Waals surface area contributed by atoms with Gasteiger partial charge in [-0.3, -0.25) is 4.57 Å². The highest BCUT2D eigenvalue weighted by atomic mass is 16.6. The van der Waals surface area contributed by atoms with Gasteiger partial charge in [0, 0.05) is 24.0 Å². The predicted molar refractivity (Wildman–Crippen MR) is 161 cm³/mol. The fourth-order valence-corrected chi connectivity index (χ4v) is 6.14. The number of rotatable bonds is 5. The van der Waals surface area contributed by atoms with Crippen molar-refractivity contribution in [1.82, 2.24) is 14.9 Å². The minimum atomic E-state index is -0.895. The monoisotopic (exact) mass is 581 g/mol. The molecule has 2 aliphatic rings. The van der Waals surface area contributed by atoms with E-state index >= 15 is 0 Å². The van der Waals surface area contributed by atoms with Crippen LogP contribution in [-0.2, 0) is 21.7 Å². The number of nitrogens with one attached hydrogen (secondary N) is 1. The fraction of sp³-hybridized carbons (Fsp3) is 0.324. The van der Waals surface area contributed by atoms with Gasteiger partial charge in [-0.15, -0.1) is 0 Å². The molecule has 0 saturated heterocycles. The molecule has 43 heavy (non-hydrogen) atoms. The van der Waals surface area contributed by atoms with Gasteiger partial charge in [0.1, 0.15) is 17.2 Å².